The van der Waals surface area contributed by atoms with Gasteiger partial charge in [0.15, 0.2) is 0 Å². The molecule has 0 aliphatic carbocycles. The maximum absolute atomic E-state index is 11.5. The van der Waals surface area contributed by atoms with Gasteiger partial charge in [0, 0.05) is 6.54 Å². The number of aliphatic hydroxyl groups is 1. The topological polar surface area (TPSA) is 57.6 Å². The van der Waals surface area contributed by atoms with Gasteiger partial charge in [-0.2, -0.15) is 0 Å². The first-order valence-corrected chi connectivity index (χ1v) is 10.2. The fourth-order valence-electron chi connectivity index (χ4n) is 3.37. The number of hydrogen-bond acceptors (Lipinski definition) is 3. The zero-order valence-electron chi connectivity index (χ0n) is 15.6. The molecule has 0 radical (unpaired) electrons. The van der Waals surface area contributed by atoms with Crippen molar-refractivity contribution in [2.45, 2.75) is 109 Å². The van der Waals surface area contributed by atoms with Crippen LogP contribution in [0.2, 0.25) is 0 Å². The van der Waals surface area contributed by atoms with E-state index >= 15 is 0 Å². The van der Waals surface area contributed by atoms with Crippen molar-refractivity contribution in [2.24, 2.45) is 0 Å². The van der Waals surface area contributed by atoms with Gasteiger partial charge in [0.25, 0.3) is 5.91 Å². The predicted octanol–water partition coefficient (Wildman–Crippen LogP) is 4.59. The Balaban J connectivity index is 1.81. The highest BCUT2D eigenvalue weighted by atomic mass is 16.3. The molecule has 0 aromatic carbocycles. The summed E-state index contributed by atoms with van der Waals surface area (Å²) in [6.07, 6.45) is 16.9. The summed E-state index contributed by atoms with van der Waals surface area (Å²) < 4.78 is 0. The number of amides is 2. The van der Waals surface area contributed by atoms with E-state index in [1.807, 2.05) is 0 Å². The Labute approximate surface area is 148 Å². The summed E-state index contributed by atoms with van der Waals surface area (Å²) in [7, 11) is 0. The maximum Gasteiger partial charge on any atom is 0.258 e. The number of unbranched alkanes of at least 4 members (excludes halogenated alkanes) is 13. The molecule has 1 heterocycles. The Kier molecular flexibility index (Phi) is 11.8. The van der Waals surface area contributed by atoms with Gasteiger partial charge in [0.2, 0.25) is 5.91 Å². The third kappa shape index (κ3) is 8.81. The number of carbonyl (C=O) groups is 2. The minimum atomic E-state index is -1.09. The standard InChI is InChI=1S/C20H37NO3/c1-2-3-4-5-6-7-8-9-10-11-12-13-14-15-16-21-19(23)17-18(22)20(21)24/h18,22H,2-17H2,1H3. The van der Waals surface area contributed by atoms with Crippen molar-refractivity contribution in [3.63, 3.8) is 0 Å². The number of carbonyl (C=O) groups excluding carboxylic acids is 2. The Morgan fingerprint density at radius 3 is 1.58 bits per heavy atom. The van der Waals surface area contributed by atoms with Gasteiger partial charge in [-0.05, 0) is 6.42 Å². The first-order chi connectivity index (χ1) is 11.7. The second-order valence-electron chi connectivity index (χ2n) is 7.20. The molecule has 2 amide bonds. The monoisotopic (exact) mass is 339 g/mol. The highest BCUT2D eigenvalue weighted by Gasteiger charge is 2.36. The van der Waals surface area contributed by atoms with Crippen LogP contribution in [0, 0.1) is 0 Å². The Hall–Kier alpha value is -0.900. The maximum atomic E-state index is 11.5. The molecule has 1 saturated heterocycles. The molecule has 1 unspecified atom stereocenters. The van der Waals surface area contributed by atoms with E-state index in [4.69, 9.17) is 0 Å². The molecule has 0 bridgehead atoms. The molecule has 0 spiro atoms. The quantitative estimate of drug-likeness (QED) is 0.351. The van der Waals surface area contributed by atoms with Crippen LogP contribution in [0.1, 0.15) is 103 Å². The van der Waals surface area contributed by atoms with Crippen LogP contribution in [-0.2, 0) is 9.59 Å². The van der Waals surface area contributed by atoms with Crippen molar-refractivity contribution in [1.29, 1.82) is 0 Å². The Morgan fingerprint density at radius 1 is 0.792 bits per heavy atom. The number of likely N-dealkylation sites (tertiary alicyclic amines) is 1. The lowest BCUT2D eigenvalue weighted by atomic mass is 10.0. The van der Waals surface area contributed by atoms with Gasteiger partial charge >= 0.3 is 0 Å². The molecule has 1 fully saturated rings. The van der Waals surface area contributed by atoms with E-state index in [2.05, 4.69) is 6.92 Å². The van der Waals surface area contributed by atoms with Crippen LogP contribution in [0.25, 0.3) is 0 Å². The fraction of sp³-hybridized carbons (Fsp3) is 0.900. The van der Waals surface area contributed by atoms with Crippen LogP contribution in [0.4, 0.5) is 0 Å². The van der Waals surface area contributed by atoms with E-state index in [0.29, 0.717) is 6.54 Å². The fourth-order valence-corrected chi connectivity index (χ4v) is 3.37. The molecule has 1 N–H and O–H groups in total. The van der Waals surface area contributed by atoms with Gasteiger partial charge in [-0.25, -0.2) is 0 Å². The summed E-state index contributed by atoms with van der Waals surface area (Å²) in [4.78, 5) is 24.3. The molecule has 0 saturated carbocycles. The van der Waals surface area contributed by atoms with Gasteiger partial charge in [-0.1, -0.05) is 90.4 Å². The lowest BCUT2D eigenvalue weighted by Crippen LogP contribution is -2.32. The summed E-state index contributed by atoms with van der Waals surface area (Å²) in [5.74, 6) is -0.628. The third-order valence-corrected chi connectivity index (χ3v) is 4.96. The minimum absolute atomic E-state index is 0.0303. The van der Waals surface area contributed by atoms with Crippen molar-refractivity contribution in [3.8, 4) is 0 Å². The van der Waals surface area contributed by atoms with Crippen LogP contribution < -0.4 is 0 Å². The van der Waals surface area contributed by atoms with E-state index in [1.54, 1.807) is 0 Å². The summed E-state index contributed by atoms with van der Waals surface area (Å²) in [5.41, 5.74) is 0. The summed E-state index contributed by atoms with van der Waals surface area (Å²) >= 11 is 0. The highest BCUT2D eigenvalue weighted by molar-refractivity contribution is 6.04. The van der Waals surface area contributed by atoms with Crippen molar-refractivity contribution in [2.75, 3.05) is 6.54 Å². The van der Waals surface area contributed by atoms with Crippen molar-refractivity contribution in [1.82, 2.24) is 4.90 Å². The molecule has 0 aromatic heterocycles. The van der Waals surface area contributed by atoms with Crippen molar-refractivity contribution >= 4 is 11.8 Å². The van der Waals surface area contributed by atoms with E-state index in [-0.39, 0.29) is 12.3 Å². The van der Waals surface area contributed by atoms with Gasteiger partial charge < -0.3 is 5.11 Å². The first kappa shape index (κ1) is 21.1. The van der Waals surface area contributed by atoms with Gasteiger partial charge in [0.1, 0.15) is 6.10 Å². The van der Waals surface area contributed by atoms with Gasteiger partial charge in [-0.3, -0.25) is 14.5 Å². The molecule has 24 heavy (non-hydrogen) atoms. The number of nitrogens with zero attached hydrogens (tertiary/aromatic N) is 1. The predicted molar refractivity (Wildman–Crippen MR) is 97.7 cm³/mol. The van der Waals surface area contributed by atoms with Crippen molar-refractivity contribution < 1.29 is 14.7 Å². The number of rotatable bonds is 15. The smallest absolute Gasteiger partial charge is 0.258 e. The van der Waals surface area contributed by atoms with E-state index in [1.165, 1.54) is 81.9 Å². The molecule has 140 valence electrons. The lowest BCUT2D eigenvalue weighted by Gasteiger charge is -2.13. The number of aliphatic hydroxyl groups excluding tert-OH is 1. The van der Waals surface area contributed by atoms with Gasteiger partial charge in [0.05, 0.1) is 6.42 Å². The molecule has 4 heteroatoms. The highest BCUT2D eigenvalue weighted by Crippen LogP contribution is 2.15. The SMILES string of the molecule is CCCCCCCCCCCCCCCCN1C(=O)CC(O)C1=O. The second-order valence-corrected chi connectivity index (χ2v) is 7.20. The van der Waals surface area contributed by atoms with Crippen LogP contribution >= 0.6 is 0 Å². The molecule has 1 aliphatic rings. The number of imide groups is 1. The third-order valence-electron chi connectivity index (χ3n) is 4.96. The summed E-state index contributed by atoms with van der Waals surface area (Å²) in [5, 5.41) is 9.34. The van der Waals surface area contributed by atoms with Crippen molar-refractivity contribution in [3.05, 3.63) is 0 Å². The van der Waals surface area contributed by atoms with E-state index in [9.17, 15) is 14.7 Å². The average Bonchev–Trinajstić information content (AvgIpc) is 2.81. The van der Waals surface area contributed by atoms with Crippen LogP contribution in [-0.4, -0.2) is 34.5 Å². The van der Waals surface area contributed by atoms with E-state index in [0.717, 1.165) is 12.8 Å². The molecule has 1 atom stereocenters. The summed E-state index contributed by atoms with van der Waals surface area (Å²) in [6, 6.07) is 0. The molecule has 0 aromatic rings. The van der Waals surface area contributed by atoms with Crippen LogP contribution in [0.5, 0.6) is 0 Å². The first-order valence-electron chi connectivity index (χ1n) is 10.2. The second kappa shape index (κ2) is 13.4. The largest absolute Gasteiger partial charge is 0.383 e. The molecule has 4 nitrogen and oxygen atoms in total. The molecule has 1 rings (SSSR count). The number of hydrogen-bond donors (Lipinski definition) is 1. The van der Waals surface area contributed by atoms with Gasteiger partial charge in [-0.15, -0.1) is 0 Å². The summed E-state index contributed by atoms with van der Waals surface area (Å²) in [6.45, 7) is 2.74. The molecular weight excluding hydrogens is 302 g/mol. The molecule has 1 aliphatic heterocycles. The zero-order valence-corrected chi connectivity index (χ0v) is 15.6. The Bertz CT molecular complexity index is 357. The van der Waals surface area contributed by atoms with Crippen LogP contribution in [0.15, 0.2) is 0 Å². The average molecular weight is 340 g/mol. The minimum Gasteiger partial charge on any atom is -0.383 e. The van der Waals surface area contributed by atoms with Crippen LogP contribution in [0.3, 0.4) is 0 Å². The normalized spacial score (nSPS) is 17.9. The lowest BCUT2D eigenvalue weighted by molar-refractivity contribution is -0.140. The van der Waals surface area contributed by atoms with E-state index < -0.39 is 12.0 Å². The molecular formula is C20H37NO3. The Morgan fingerprint density at radius 2 is 1.21 bits per heavy atom. The zero-order chi connectivity index (χ0) is 17.6.